The van der Waals surface area contributed by atoms with E-state index in [1.807, 2.05) is 48.2 Å². The van der Waals surface area contributed by atoms with Gasteiger partial charge in [0.1, 0.15) is 11.9 Å². The average Bonchev–Trinajstić information content (AvgIpc) is 2.75. The lowest BCUT2D eigenvalue weighted by molar-refractivity contribution is -0.161. The number of hydrogen-bond donors (Lipinski definition) is 0. The number of benzene rings is 1. The molecule has 3 rings (SSSR count). The molecule has 0 bridgehead atoms. The molecule has 2 heterocycles. The molecule has 1 aromatic carbocycles. The van der Waals surface area contributed by atoms with Gasteiger partial charge >= 0.3 is 0 Å². The van der Waals surface area contributed by atoms with Crippen molar-refractivity contribution in [3.8, 4) is 0 Å². The Morgan fingerprint density at radius 1 is 1.31 bits per heavy atom. The second-order valence-corrected chi connectivity index (χ2v) is 7.85. The third-order valence-corrected chi connectivity index (χ3v) is 5.94. The molecule has 5 nitrogen and oxygen atoms in total. The highest BCUT2D eigenvalue weighted by molar-refractivity contribution is 5.97. The van der Waals surface area contributed by atoms with E-state index in [-0.39, 0.29) is 11.5 Å². The smallest absolute Gasteiger partial charge is 0.255 e. The molecule has 0 saturated carbocycles. The molecule has 156 valence electrons. The zero-order valence-corrected chi connectivity index (χ0v) is 17.6. The molecule has 1 atom stereocenters. The van der Waals surface area contributed by atoms with Crippen LogP contribution in [0.1, 0.15) is 26.2 Å². The van der Waals surface area contributed by atoms with E-state index in [9.17, 15) is 4.79 Å². The van der Waals surface area contributed by atoms with Gasteiger partial charge in [0.15, 0.2) is 0 Å². The molecule has 0 aliphatic carbocycles. The molecule has 1 amide bonds. The quantitative estimate of drug-likeness (QED) is 0.517. The summed E-state index contributed by atoms with van der Waals surface area (Å²) in [7, 11) is 1.64. The van der Waals surface area contributed by atoms with Crippen LogP contribution in [0.4, 0.5) is 5.69 Å². The molecule has 0 aromatic heterocycles. The van der Waals surface area contributed by atoms with E-state index in [1.165, 1.54) is 0 Å². The molecule has 1 spiro atoms. The number of carbonyl (C=O) groups excluding carboxylic acids is 1. The molecule has 0 N–H and O–H groups in total. The predicted molar refractivity (Wildman–Crippen MR) is 117 cm³/mol. The molecule has 1 unspecified atom stereocenters. The Hall–Kier alpha value is -2.37. The van der Waals surface area contributed by atoms with Gasteiger partial charge in [-0.1, -0.05) is 43.5 Å². The summed E-state index contributed by atoms with van der Waals surface area (Å²) in [6.45, 7) is 13.1. The Morgan fingerprint density at radius 2 is 2.00 bits per heavy atom. The maximum Gasteiger partial charge on any atom is 0.255 e. The summed E-state index contributed by atoms with van der Waals surface area (Å²) in [6, 6.07) is 9.91. The van der Waals surface area contributed by atoms with E-state index in [0.717, 1.165) is 50.2 Å². The fourth-order valence-corrected chi connectivity index (χ4v) is 4.20. The van der Waals surface area contributed by atoms with Crippen LogP contribution in [0.15, 0.2) is 67.0 Å². The largest absolute Gasteiger partial charge is 0.497 e. The molecule has 2 aliphatic rings. The van der Waals surface area contributed by atoms with E-state index in [1.54, 1.807) is 13.2 Å². The average molecular weight is 397 g/mol. The number of para-hydroxylation sites is 1. The lowest BCUT2D eigenvalue weighted by Crippen LogP contribution is -2.61. The fraction of sp³-hybridized carbons (Fsp3) is 0.458. The van der Waals surface area contributed by atoms with Gasteiger partial charge in [0.25, 0.3) is 5.91 Å². The number of nitrogens with zero attached hydrogens (tertiary/aromatic N) is 2. The van der Waals surface area contributed by atoms with Crippen molar-refractivity contribution in [3.63, 3.8) is 0 Å². The normalized spacial score (nSPS) is 22.6. The van der Waals surface area contributed by atoms with Gasteiger partial charge in [0, 0.05) is 25.3 Å². The Morgan fingerprint density at radius 3 is 2.62 bits per heavy atom. The minimum atomic E-state index is -0.414. The maximum absolute atomic E-state index is 12.7. The van der Waals surface area contributed by atoms with E-state index in [2.05, 4.69) is 18.1 Å². The molecule has 1 aromatic rings. The summed E-state index contributed by atoms with van der Waals surface area (Å²) in [5, 5.41) is 0. The monoisotopic (exact) mass is 396 g/mol. The zero-order valence-electron chi connectivity index (χ0n) is 17.6. The standard InChI is InChI=1S/C24H32N2O3/c1-5-9-21(19(2)28-4)12-15-25-16-13-24(14-17-25)18-26(23(27)20(3)29-24)22-10-7-6-8-11-22/h5-11,20H,1-2,12-18H2,3-4H3/b21-9-. The number of likely N-dealkylation sites (tertiary alicyclic amines) is 1. The van der Waals surface area contributed by atoms with Crippen molar-refractivity contribution in [1.82, 2.24) is 4.90 Å². The molecule has 29 heavy (non-hydrogen) atoms. The van der Waals surface area contributed by atoms with Crippen molar-refractivity contribution < 1.29 is 14.3 Å². The lowest BCUT2D eigenvalue weighted by atomic mass is 9.88. The van der Waals surface area contributed by atoms with Gasteiger partial charge in [-0.3, -0.25) is 4.79 Å². The first-order valence-electron chi connectivity index (χ1n) is 10.3. The van der Waals surface area contributed by atoms with Crippen LogP contribution in [0.2, 0.25) is 0 Å². The third kappa shape index (κ3) is 4.98. The highest BCUT2D eigenvalue weighted by Crippen LogP contribution is 2.35. The Labute approximate surface area is 174 Å². The van der Waals surface area contributed by atoms with Crippen molar-refractivity contribution >= 4 is 11.6 Å². The maximum atomic E-state index is 12.7. The highest BCUT2D eigenvalue weighted by atomic mass is 16.5. The Kier molecular flexibility index (Phi) is 6.93. The van der Waals surface area contributed by atoms with Gasteiger partial charge in [0.05, 0.1) is 19.3 Å². The van der Waals surface area contributed by atoms with Crippen molar-refractivity contribution in [2.24, 2.45) is 0 Å². The molecule has 2 aliphatic heterocycles. The number of allylic oxidation sites excluding steroid dienone is 3. The minimum absolute atomic E-state index is 0.0431. The van der Waals surface area contributed by atoms with Gasteiger partial charge in [0.2, 0.25) is 0 Å². The minimum Gasteiger partial charge on any atom is -0.497 e. The number of rotatable bonds is 7. The number of amides is 1. The summed E-state index contributed by atoms with van der Waals surface area (Å²) in [5.41, 5.74) is 1.76. The first kappa shape index (κ1) is 21.3. The van der Waals surface area contributed by atoms with Gasteiger partial charge in [-0.05, 0) is 43.9 Å². The molecule has 0 radical (unpaired) electrons. The van der Waals surface area contributed by atoms with Crippen molar-refractivity contribution in [2.75, 3.05) is 38.2 Å². The predicted octanol–water partition coefficient (Wildman–Crippen LogP) is 3.94. The van der Waals surface area contributed by atoms with Gasteiger partial charge in [-0.15, -0.1) is 0 Å². The van der Waals surface area contributed by atoms with E-state index in [4.69, 9.17) is 9.47 Å². The van der Waals surface area contributed by atoms with Crippen molar-refractivity contribution in [3.05, 3.63) is 67.0 Å². The van der Waals surface area contributed by atoms with Crippen LogP contribution in [-0.4, -0.2) is 55.8 Å². The summed E-state index contributed by atoms with van der Waals surface area (Å²) >= 11 is 0. The number of morpholine rings is 1. The lowest BCUT2D eigenvalue weighted by Gasteiger charge is -2.49. The van der Waals surface area contributed by atoms with Gasteiger partial charge in [-0.25, -0.2) is 0 Å². The van der Waals surface area contributed by atoms with E-state index >= 15 is 0 Å². The van der Waals surface area contributed by atoms with Gasteiger partial charge in [-0.2, -0.15) is 0 Å². The summed E-state index contributed by atoms with van der Waals surface area (Å²) in [5.74, 6) is 0.737. The molecule has 2 fully saturated rings. The number of piperidine rings is 1. The summed E-state index contributed by atoms with van der Waals surface area (Å²) < 4.78 is 11.6. The summed E-state index contributed by atoms with van der Waals surface area (Å²) in [6.07, 6.45) is 6.03. The van der Waals surface area contributed by atoms with Crippen LogP contribution >= 0.6 is 0 Å². The highest BCUT2D eigenvalue weighted by Gasteiger charge is 2.45. The van der Waals surface area contributed by atoms with Crippen LogP contribution < -0.4 is 4.90 Å². The Bertz CT molecular complexity index is 764. The van der Waals surface area contributed by atoms with Crippen LogP contribution in [-0.2, 0) is 14.3 Å². The molecular formula is C24H32N2O3. The van der Waals surface area contributed by atoms with Crippen LogP contribution in [0.3, 0.4) is 0 Å². The zero-order chi connectivity index (χ0) is 20.9. The fourth-order valence-electron chi connectivity index (χ4n) is 4.20. The molecule has 2 saturated heterocycles. The number of ether oxygens (including phenoxy) is 2. The van der Waals surface area contributed by atoms with Crippen molar-refractivity contribution in [1.29, 1.82) is 0 Å². The number of methoxy groups -OCH3 is 1. The first-order chi connectivity index (χ1) is 14.0. The van der Waals surface area contributed by atoms with Crippen LogP contribution in [0, 0.1) is 0 Å². The van der Waals surface area contributed by atoms with E-state index in [0.29, 0.717) is 12.3 Å². The van der Waals surface area contributed by atoms with Crippen LogP contribution in [0.5, 0.6) is 0 Å². The van der Waals surface area contributed by atoms with E-state index < -0.39 is 6.10 Å². The second-order valence-electron chi connectivity index (χ2n) is 7.85. The van der Waals surface area contributed by atoms with Crippen molar-refractivity contribution in [2.45, 2.75) is 37.9 Å². The topological polar surface area (TPSA) is 42.0 Å². The molecular weight excluding hydrogens is 364 g/mol. The first-order valence-corrected chi connectivity index (χ1v) is 10.3. The van der Waals surface area contributed by atoms with Crippen LogP contribution in [0.25, 0.3) is 0 Å². The summed E-state index contributed by atoms with van der Waals surface area (Å²) in [4.78, 5) is 17.1. The third-order valence-electron chi connectivity index (χ3n) is 5.94. The molecule has 5 heteroatoms. The van der Waals surface area contributed by atoms with Gasteiger partial charge < -0.3 is 19.3 Å². The number of carbonyl (C=O) groups is 1. The number of anilines is 1. The Balaban J connectivity index is 1.61. The number of hydrogen-bond acceptors (Lipinski definition) is 4. The second kappa shape index (κ2) is 9.42. The SMILES string of the molecule is C=C/C=C(/CCN1CCC2(CC1)CN(c1ccccc1)C(=O)C(C)O2)C(=C)OC.